The van der Waals surface area contributed by atoms with Crippen LogP contribution in [0.1, 0.15) is 39.5 Å². The number of carbonyl (C=O) groups is 1. The smallest absolute Gasteiger partial charge is 0.222 e. The summed E-state index contributed by atoms with van der Waals surface area (Å²) in [6.45, 7) is 4.35. The third-order valence-corrected chi connectivity index (χ3v) is 5.47. The molecule has 112 valence electrons. The van der Waals surface area contributed by atoms with Gasteiger partial charge in [0, 0.05) is 18.5 Å². The normalized spacial score (nSPS) is 24.9. The summed E-state index contributed by atoms with van der Waals surface area (Å²) in [5.74, 6) is 0.556. The summed E-state index contributed by atoms with van der Waals surface area (Å²) >= 11 is 0. The number of carbonyl (C=O) groups excluding carboxylic acids is 1. The van der Waals surface area contributed by atoms with E-state index in [9.17, 15) is 13.2 Å². The molecule has 0 aromatic rings. The standard InChI is InChI=1S/C13H26N2O3S/c1-10(4-3-5-11(2)14)13(16)15-8-12-6-7-19(17,18)9-12/h10-12H,3-9,14H2,1-2H3,(H,15,16). The van der Waals surface area contributed by atoms with E-state index in [0.717, 1.165) is 19.3 Å². The monoisotopic (exact) mass is 290 g/mol. The van der Waals surface area contributed by atoms with Crippen LogP contribution in [-0.2, 0) is 14.6 Å². The second-order valence-corrected chi connectivity index (χ2v) is 8.05. The summed E-state index contributed by atoms with van der Waals surface area (Å²) < 4.78 is 22.6. The number of hydrogen-bond donors (Lipinski definition) is 2. The maximum atomic E-state index is 11.8. The molecule has 1 amide bonds. The quantitative estimate of drug-likeness (QED) is 0.722. The van der Waals surface area contributed by atoms with Crippen LogP contribution in [0.15, 0.2) is 0 Å². The summed E-state index contributed by atoms with van der Waals surface area (Å²) in [7, 11) is -2.85. The van der Waals surface area contributed by atoms with Crippen LogP contribution in [0, 0.1) is 11.8 Å². The van der Waals surface area contributed by atoms with Gasteiger partial charge in [-0.2, -0.15) is 0 Å². The molecule has 1 fully saturated rings. The van der Waals surface area contributed by atoms with Crippen LogP contribution < -0.4 is 11.1 Å². The third kappa shape index (κ3) is 6.38. The predicted octanol–water partition coefficient (Wildman–Crippen LogP) is 0.691. The van der Waals surface area contributed by atoms with Crippen LogP contribution in [-0.4, -0.2) is 38.4 Å². The van der Waals surface area contributed by atoms with E-state index in [-0.39, 0.29) is 35.3 Å². The van der Waals surface area contributed by atoms with E-state index in [1.165, 1.54) is 0 Å². The summed E-state index contributed by atoms with van der Waals surface area (Å²) in [6, 6.07) is 0.180. The highest BCUT2D eigenvalue weighted by Gasteiger charge is 2.28. The lowest BCUT2D eigenvalue weighted by Crippen LogP contribution is -2.33. The lowest BCUT2D eigenvalue weighted by molar-refractivity contribution is -0.124. The van der Waals surface area contributed by atoms with Crippen molar-refractivity contribution in [1.82, 2.24) is 5.32 Å². The molecule has 6 heteroatoms. The van der Waals surface area contributed by atoms with Crippen molar-refractivity contribution in [3.8, 4) is 0 Å². The van der Waals surface area contributed by atoms with E-state index in [4.69, 9.17) is 5.73 Å². The van der Waals surface area contributed by atoms with Crippen molar-refractivity contribution in [2.45, 2.75) is 45.6 Å². The average Bonchev–Trinajstić information content (AvgIpc) is 2.65. The molecule has 1 aliphatic heterocycles. The lowest BCUT2D eigenvalue weighted by atomic mass is 10.0. The van der Waals surface area contributed by atoms with Gasteiger partial charge in [-0.05, 0) is 32.1 Å². The Hall–Kier alpha value is -0.620. The molecule has 19 heavy (non-hydrogen) atoms. The predicted molar refractivity (Wildman–Crippen MR) is 76.4 cm³/mol. The first-order valence-corrected chi connectivity index (χ1v) is 8.86. The molecule has 0 spiro atoms. The van der Waals surface area contributed by atoms with Crippen LogP contribution >= 0.6 is 0 Å². The summed E-state index contributed by atoms with van der Waals surface area (Å²) in [4.78, 5) is 11.8. The molecule has 0 aromatic heterocycles. The molecule has 0 aromatic carbocycles. The van der Waals surface area contributed by atoms with Gasteiger partial charge in [0.1, 0.15) is 0 Å². The minimum atomic E-state index is -2.85. The largest absolute Gasteiger partial charge is 0.356 e. The molecule has 1 heterocycles. The van der Waals surface area contributed by atoms with Gasteiger partial charge in [-0.25, -0.2) is 8.42 Å². The van der Waals surface area contributed by atoms with Crippen molar-refractivity contribution in [2.24, 2.45) is 17.6 Å². The first-order valence-electron chi connectivity index (χ1n) is 7.04. The fourth-order valence-electron chi connectivity index (χ4n) is 2.33. The Morgan fingerprint density at radius 1 is 1.37 bits per heavy atom. The van der Waals surface area contributed by atoms with Gasteiger partial charge < -0.3 is 11.1 Å². The van der Waals surface area contributed by atoms with Gasteiger partial charge in [-0.15, -0.1) is 0 Å². The maximum absolute atomic E-state index is 11.8. The second-order valence-electron chi connectivity index (χ2n) is 5.82. The highest BCUT2D eigenvalue weighted by molar-refractivity contribution is 7.91. The van der Waals surface area contributed by atoms with E-state index in [1.807, 2.05) is 13.8 Å². The highest BCUT2D eigenvalue weighted by atomic mass is 32.2. The molecule has 0 aliphatic carbocycles. The molecule has 3 N–H and O–H groups in total. The molecule has 3 unspecified atom stereocenters. The van der Waals surface area contributed by atoms with Gasteiger partial charge in [0.15, 0.2) is 9.84 Å². The summed E-state index contributed by atoms with van der Waals surface area (Å²) in [5.41, 5.74) is 5.66. The summed E-state index contributed by atoms with van der Waals surface area (Å²) in [5, 5.41) is 2.87. The molecule has 0 bridgehead atoms. The minimum absolute atomic E-state index is 0.0222. The van der Waals surface area contributed by atoms with Crippen molar-refractivity contribution in [3.63, 3.8) is 0 Å². The Labute approximate surface area is 116 Å². The molecule has 1 rings (SSSR count). The average molecular weight is 290 g/mol. The molecule has 1 aliphatic rings. The lowest BCUT2D eigenvalue weighted by Gasteiger charge is -2.15. The number of rotatable bonds is 7. The van der Waals surface area contributed by atoms with E-state index in [1.54, 1.807) is 0 Å². The van der Waals surface area contributed by atoms with Gasteiger partial charge in [0.25, 0.3) is 0 Å². The van der Waals surface area contributed by atoms with Crippen LogP contribution in [0.4, 0.5) is 0 Å². The fourth-order valence-corrected chi connectivity index (χ4v) is 4.19. The van der Waals surface area contributed by atoms with Gasteiger partial charge in [-0.1, -0.05) is 13.3 Å². The Morgan fingerprint density at radius 2 is 2.05 bits per heavy atom. The first-order chi connectivity index (χ1) is 8.80. The van der Waals surface area contributed by atoms with Gasteiger partial charge in [-0.3, -0.25) is 4.79 Å². The Kier molecular flexibility index (Phi) is 6.26. The van der Waals surface area contributed by atoms with Crippen LogP contribution in [0.3, 0.4) is 0 Å². The second kappa shape index (κ2) is 7.24. The van der Waals surface area contributed by atoms with E-state index in [0.29, 0.717) is 13.0 Å². The van der Waals surface area contributed by atoms with Gasteiger partial charge >= 0.3 is 0 Å². The van der Waals surface area contributed by atoms with Crippen LogP contribution in [0.25, 0.3) is 0 Å². The molecule has 5 nitrogen and oxygen atoms in total. The van der Waals surface area contributed by atoms with Crippen molar-refractivity contribution >= 4 is 15.7 Å². The van der Waals surface area contributed by atoms with Crippen LogP contribution in [0.2, 0.25) is 0 Å². The molecule has 0 saturated carbocycles. The minimum Gasteiger partial charge on any atom is -0.356 e. The first kappa shape index (κ1) is 16.4. The highest BCUT2D eigenvalue weighted by Crippen LogP contribution is 2.17. The van der Waals surface area contributed by atoms with E-state index in [2.05, 4.69) is 5.32 Å². The van der Waals surface area contributed by atoms with Crippen molar-refractivity contribution in [2.75, 3.05) is 18.1 Å². The number of nitrogens with one attached hydrogen (secondary N) is 1. The number of sulfone groups is 1. The number of hydrogen-bond acceptors (Lipinski definition) is 4. The molecule has 3 atom stereocenters. The van der Waals surface area contributed by atoms with E-state index >= 15 is 0 Å². The topological polar surface area (TPSA) is 89.3 Å². The third-order valence-electron chi connectivity index (χ3n) is 3.64. The SMILES string of the molecule is CC(N)CCCC(C)C(=O)NCC1CCS(=O)(=O)C1. The van der Waals surface area contributed by atoms with Crippen molar-refractivity contribution in [1.29, 1.82) is 0 Å². The van der Waals surface area contributed by atoms with Gasteiger partial charge in [0.2, 0.25) is 5.91 Å². The van der Waals surface area contributed by atoms with Gasteiger partial charge in [0.05, 0.1) is 11.5 Å². The Morgan fingerprint density at radius 3 is 2.58 bits per heavy atom. The number of amides is 1. The summed E-state index contributed by atoms with van der Waals surface area (Å²) in [6.07, 6.45) is 3.38. The Bertz CT molecular complexity index is 393. The maximum Gasteiger partial charge on any atom is 0.222 e. The fraction of sp³-hybridized carbons (Fsp3) is 0.923. The van der Waals surface area contributed by atoms with Crippen molar-refractivity contribution < 1.29 is 13.2 Å². The molecule has 1 saturated heterocycles. The van der Waals surface area contributed by atoms with E-state index < -0.39 is 9.84 Å². The molecule has 0 radical (unpaired) electrons. The zero-order valence-electron chi connectivity index (χ0n) is 11.9. The zero-order valence-corrected chi connectivity index (χ0v) is 12.7. The van der Waals surface area contributed by atoms with Crippen molar-refractivity contribution in [3.05, 3.63) is 0 Å². The zero-order chi connectivity index (χ0) is 14.5. The molecular formula is C13H26N2O3S. The van der Waals surface area contributed by atoms with Crippen LogP contribution in [0.5, 0.6) is 0 Å². The molecular weight excluding hydrogens is 264 g/mol. The number of nitrogens with two attached hydrogens (primary N) is 1. The Balaban J connectivity index is 2.20.